The molecule has 7 heteroatoms. The Kier molecular flexibility index (Phi) is 4.61. The molecule has 0 aliphatic heterocycles. The number of ether oxygens (including phenoxy) is 1. The van der Waals surface area contributed by atoms with Crippen molar-refractivity contribution in [2.75, 3.05) is 6.61 Å². The van der Waals surface area contributed by atoms with Crippen LogP contribution in [0.3, 0.4) is 0 Å². The molecular weight excluding hydrogens is 322 g/mol. The number of hydrogen-bond donors (Lipinski definition) is 1. The zero-order valence-electron chi connectivity index (χ0n) is 14.1. The number of rotatable bonds is 6. The number of nitriles is 1. The lowest BCUT2D eigenvalue weighted by Gasteiger charge is -2.12. The maximum Gasteiger partial charge on any atom is 0.343 e. The predicted octanol–water partition coefficient (Wildman–Crippen LogP) is 2.32. The number of carbonyl (C=O) groups is 2. The summed E-state index contributed by atoms with van der Waals surface area (Å²) in [5, 5.41) is 12.2. The topological polar surface area (TPSA) is 97.3 Å². The highest BCUT2D eigenvalue weighted by Gasteiger charge is 2.30. The minimum Gasteiger partial charge on any atom is -0.452 e. The van der Waals surface area contributed by atoms with Gasteiger partial charge >= 0.3 is 5.97 Å². The van der Waals surface area contributed by atoms with Crippen LogP contribution in [-0.4, -0.2) is 29.1 Å². The molecule has 2 aromatic rings. The van der Waals surface area contributed by atoms with E-state index >= 15 is 0 Å². The lowest BCUT2D eigenvalue weighted by atomic mass is 10.1. The van der Waals surface area contributed by atoms with Crippen molar-refractivity contribution < 1.29 is 18.7 Å². The van der Waals surface area contributed by atoms with Crippen molar-refractivity contribution in [3.05, 3.63) is 41.4 Å². The average Bonchev–Trinajstić information content (AvgIpc) is 3.19. The summed E-state index contributed by atoms with van der Waals surface area (Å²) in [7, 11) is 0. The Morgan fingerprint density at radius 3 is 2.72 bits per heavy atom. The van der Waals surface area contributed by atoms with Gasteiger partial charge in [0.1, 0.15) is 23.0 Å². The lowest BCUT2D eigenvalue weighted by molar-refractivity contribution is -0.125. The normalized spacial score (nSPS) is 14.6. The molecule has 0 unspecified atom stereocenters. The first kappa shape index (κ1) is 16.8. The summed E-state index contributed by atoms with van der Waals surface area (Å²) >= 11 is 0. The molecule has 2 heterocycles. The minimum atomic E-state index is -0.745. The molecule has 7 nitrogen and oxygen atoms in total. The first-order valence-corrected chi connectivity index (χ1v) is 8.14. The van der Waals surface area contributed by atoms with Gasteiger partial charge in [-0.3, -0.25) is 9.36 Å². The summed E-state index contributed by atoms with van der Waals surface area (Å²) in [5.74, 6) is -0.0469. The van der Waals surface area contributed by atoms with Crippen LogP contribution < -0.4 is 5.32 Å². The molecule has 130 valence electrons. The second kappa shape index (κ2) is 6.85. The van der Waals surface area contributed by atoms with Crippen molar-refractivity contribution >= 4 is 11.9 Å². The molecule has 25 heavy (non-hydrogen) atoms. The quantitative estimate of drug-likeness (QED) is 0.813. The fourth-order valence-corrected chi connectivity index (χ4v) is 2.74. The summed E-state index contributed by atoms with van der Waals surface area (Å²) < 4.78 is 12.2. The molecule has 3 rings (SSSR count). The van der Waals surface area contributed by atoms with E-state index in [0.29, 0.717) is 5.92 Å². The van der Waals surface area contributed by atoms with Crippen LogP contribution in [0.25, 0.3) is 5.88 Å². The van der Waals surface area contributed by atoms with Gasteiger partial charge < -0.3 is 14.5 Å². The van der Waals surface area contributed by atoms with Crippen molar-refractivity contribution in [3.8, 4) is 12.0 Å². The van der Waals surface area contributed by atoms with E-state index in [-0.39, 0.29) is 41.3 Å². The molecule has 1 aliphatic rings. The molecule has 1 fully saturated rings. The number of esters is 1. The molecule has 1 saturated carbocycles. The van der Waals surface area contributed by atoms with E-state index in [9.17, 15) is 14.9 Å². The number of nitrogens with one attached hydrogen (secondary N) is 1. The first-order chi connectivity index (χ1) is 12.0. The van der Waals surface area contributed by atoms with Gasteiger partial charge in [-0.25, -0.2) is 4.79 Å². The number of furan rings is 1. The number of hydrogen-bond acceptors (Lipinski definition) is 5. The van der Waals surface area contributed by atoms with Gasteiger partial charge in [-0.2, -0.15) is 5.26 Å². The second-order valence-corrected chi connectivity index (χ2v) is 6.19. The zero-order chi connectivity index (χ0) is 18.0. The van der Waals surface area contributed by atoms with Gasteiger partial charge in [0.05, 0.1) is 0 Å². The van der Waals surface area contributed by atoms with Gasteiger partial charge in [0.15, 0.2) is 6.61 Å². The Bertz CT molecular complexity index is 825. The molecule has 0 saturated heterocycles. The van der Waals surface area contributed by atoms with Crippen LogP contribution in [0.2, 0.25) is 0 Å². The SMILES string of the molecule is Cc1oc(-n2cccc2)c(C#N)c1C(=O)OCC(=O)N[C@H](C)C1CC1. The third-order valence-corrected chi connectivity index (χ3v) is 4.27. The van der Waals surface area contributed by atoms with Gasteiger partial charge in [-0.05, 0) is 44.7 Å². The molecule has 1 amide bonds. The van der Waals surface area contributed by atoms with Crippen molar-refractivity contribution in [1.29, 1.82) is 5.26 Å². The van der Waals surface area contributed by atoms with E-state index in [1.165, 1.54) is 0 Å². The van der Waals surface area contributed by atoms with Crippen LogP contribution in [0, 0.1) is 24.2 Å². The van der Waals surface area contributed by atoms with Crippen molar-refractivity contribution in [3.63, 3.8) is 0 Å². The zero-order valence-corrected chi connectivity index (χ0v) is 14.1. The molecule has 0 spiro atoms. The molecule has 0 aromatic carbocycles. The smallest absolute Gasteiger partial charge is 0.343 e. The van der Waals surface area contributed by atoms with Crippen LogP contribution in [-0.2, 0) is 9.53 Å². The largest absolute Gasteiger partial charge is 0.452 e. The molecule has 0 radical (unpaired) electrons. The van der Waals surface area contributed by atoms with Crippen molar-refractivity contribution in [2.45, 2.75) is 32.7 Å². The fourth-order valence-electron chi connectivity index (χ4n) is 2.74. The van der Waals surface area contributed by atoms with E-state index < -0.39 is 5.97 Å². The Balaban J connectivity index is 1.69. The number of aromatic nitrogens is 1. The summed E-state index contributed by atoms with van der Waals surface area (Å²) in [4.78, 5) is 24.2. The van der Waals surface area contributed by atoms with Gasteiger partial charge in [0.2, 0.25) is 5.88 Å². The highest BCUT2D eigenvalue weighted by atomic mass is 16.5. The van der Waals surface area contributed by atoms with E-state index in [4.69, 9.17) is 9.15 Å². The Labute approximate surface area is 145 Å². The number of nitrogens with zero attached hydrogens (tertiary/aromatic N) is 2. The van der Waals surface area contributed by atoms with E-state index in [1.54, 1.807) is 36.0 Å². The van der Waals surface area contributed by atoms with Crippen molar-refractivity contribution in [2.24, 2.45) is 5.92 Å². The highest BCUT2D eigenvalue weighted by Crippen LogP contribution is 2.32. The van der Waals surface area contributed by atoms with Crippen LogP contribution in [0.5, 0.6) is 0 Å². The number of aryl methyl sites for hydroxylation is 1. The first-order valence-electron chi connectivity index (χ1n) is 8.14. The number of carbonyl (C=O) groups excluding carboxylic acids is 2. The van der Waals surface area contributed by atoms with Crippen LogP contribution in [0.4, 0.5) is 0 Å². The van der Waals surface area contributed by atoms with E-state index in [2.05, 4.69) is 5.32 Å². The van der Waals surface area contributed by atoms with Gasteiger partial charge in [0.25, 0.3) is 5.91 Å². The van der Waals surface area contributed by atoms with Crippen LogP contribution >= 0.6 is 0 Å². The Morgan fingerprint density at radius 2 is 2.12 bits per heavy atom. The standard InChI is InChI=1S/C18H19N3O4/c1-11(13-5-6-13)20-15(22)10-24-18(23)16-12(2)25-17(14(16)9-19)21-7-3-4-8-21/h3-4,7-8,11,13H,5-6,10H2,1-2H3,(H,20,22)/t11-/m1/s1. The summed E-state index contributed by atoms with van der Waals surface area (Å²) in [5.41, 5.74) is 0.139. The van der Waals surface area contributed by atoms with E-state index in [0.717, 1.165) is 12.8 Å². The van der Waals surface area contributed by atoms with Gasteiger partial charge in [-0.15, -0.1) is 0 Å². The molecule has 0 bridgehead atoms. The average molecular weight is 341 g/mol. The summed E-state index contributed by atoms with van der Waals surface area (Å²) in [6.45, 7) is 3.14. The third kappa shape index (κ3) is 3.58. The minimum absolute atomic E-state index is 0.0502. The molecule has 1 atom stereocenters. The fraction of sp³-hybridized carbons (Fsp3) is 0.389. The summed E-state index contributed by atoms with van der Waals surface area (Å²) in [6.07, 6.45) is 5.65. The molecule has 1 aliphatic carbocycles. The van der Waals surface area contributed by atoms with Crippen LogP contribution in [0.15, 0.2) is 28.9 Å². The molecular formula is C18H19N3O4. The molecule has 2 aromatic heterocycles. The second-order valence-electron chi connectivity index (χ2n) is 6.19. The van der Waals surface area contributed by atoms with Gasteiger partial charge in [0, 0.05) is 18.4 Å². The summed E-state index contributed by atoms with van der Waals surface area (Å²) in [6, 6.07) is 5.62. The Morgan fingerprint density at radius 1 is 1.44 bits per heavy atom. The maximum absolute atomic E-state index is 12.3. The van der Waals surface area contributed by atoms with Crippen LogP contribution in [0.1, 0.15) is 41.4 Å². The number of amides is 1. The predicted molar refractivity (Wildman–Crippen MR) is 88.1 cm³/mol. The van der Waals surface area contributed by atoms with Crippen molar-refractivity contribution in [1.82, 2.24) is 9.88 Å². The monoisotopic (exact) mass is 341 g/mol. The molecule has 1 N–H and O–H groups in total. The highest BCUT2D eigenvalue weighted by molar-refractivity contribution is 5.95. The Hall–Kier alpha value is -3.01. The maximum atomic E-state index is 12.3. The lowest BCUT2D eigenvalue weighted by Crippen LogP contribution is -2.37. The third-order valence-electron chi connectivity index (χ3n) is 4.27. The van der Waals surface area contributed by atoms with E-state index in [1.807, 2.05) is 13.0 Å². The van der Waals surface area contributed by atoms with Gasteiger partial charge in [-0.1, -0.05) is 0 Å².